The van der Waals surface area contributed by atoms with Crippen molar-refractivity contribution in [3.05, 3.63) is 54.4 Å². The van der Waals surface area contributed by atoms with E-state index in [9.17, 15) is 5.11 Å². The number of benzene rings is 2. The SMILES string of the molecule is CCC[C@H](O)c1nc2ccccc2n1CCCCOc1cccc(OC)c1. The molecule has 0 aliphatic carbocycles. The molecule has 0 saturated heterocycles. The van der Waals surface area contributed by atoms with E-state index in [-0.39, 0.29) is 0 Å². The molecule has 5 nitrogen and oxygen atoms in total. The molecule has 1 heterocycles. The first-order valence-electron chi connectivity index (χ1n) is 9.63. The van der Waals surface area contributed by atoms with Gasteiger partial charge >= 0.3 is 0 Å². The smallest absolute Gasteiger partial charge is 0.138 e. The third-order valence-electron chi connectivity index (χ3n) is 4.63. The van der Waals surface area contributed by atoms with Crippen LogP contribution in [-0.4, -0.2) is 28.4 Å². The van der Waals surface area contributed by atoms with E-state index >= 15 is 0 Å². The van der Waals surface area contributed by atoms with Gasteiger partial charge in [0.15, 0.2) is 0 Å². The summed E-state index contributed by atoms with van der Waals surface area (Å²) < 4.78 is 13.2. The van der Waals surface area contributed by atoms with Gasteiger partial charge in [0, 0.05) is 12.6 Å². The molecule has 1 aromatic heterocycles. The summed E-state index contributed by atoms with van der Waals surface area (Å²) >= 11 is 0. The topological polar surface area (TPSA) is 56.5 Å². The van der Waals surface area contributed by atoms with Crippen LogP contribution in [0.3, 0.4) is 0 Å². The van der Waals surface area contributed by atoms with Gasteiger partial charge in [-0.3, -0.25) is 0 Å². The molecule has 0 bridgehead atoms. The molecular formula is C22H28N2O3. The maximum atomic E-state index is 10.5. The number of nitrogens with zero attached hydrogens (tertiary/aromatic N) is 2. The Hall–Kier alpha value is -2.53. The van der Waals surface area contributed by atoms with Crippen LogP contribution in [0, 0.1) is 0 Å². The fourth-order valence-corrected chi connectivity index (χ4v) is 3.24. The Morgan fingerprint density at radius 2 is 1.89 bits per heavy atom. The van der Waals surface area contributed by atoms with Crippen LogP contribution >= 0.6 is 0 Å². The summed E-state index contributed by atoms with van der Waals surface area (Å²) in [7, 11) is 1.65. The third-order valence-corrected chi connectivity index (χ3v) is 4.63. The predicted octanol–water partition coefficient (Wildman–Crippen LogP) is 4.74. The van der Waals surface area contributed by atoms with Gasteiger partial charge in [0.2, 0.25) is 0 Å². The molecular weight excluding hydrogens is 340 g/mol. The van der Waals surface area contributed by atoms with Gasteiger partial charge < -0.3 is 19.1 Å². The summed E-state index contributed by atoms with van der Waals surface area (Å²) in [6.45, 7) is 3.54. The number of unbranched alkanes of at least 4 members (excludes halogenated alkanes) is 1. The average Bonchev–Trinajstić information content (AvgIpc) is 3.07. The molecule has 0 unspecified atom stereocenters. The number of aliphatic hydroxyl groups excluding tert-OH is 1. The molecule has 2 aromatic carbocycles. The van der Waals surface area contributed by atoms with Crippen LogP contribution < -0.4 is 9.47 Å². The van der Waals surface area contributed by atoms with Crippen molar-refractivity contribution in [3.63, 3.8) is 0 Å². The van der Waals surface area contributed by atoms with Gasteiger partial charge in [-0.2, -0.15) is 0 Å². The van der Waals surface area contributed by atoms with Crippen molar-refractivity contribution in [2.75, 3.05) is 13.7 Å². The molecule has 5 heteroatoms. The lowest BCUT2D eigenvalue weighted by Crippen LogP contribution is -2.10. The quantitative estimate of drug-likeness (QED) is 0.525. The summed E-state index contributed by atoms with van der Waals surface area (Å²) in [4.78, 5) is 4.66. The van der Waals surface area contributed by atoms with Crippen LogP contribution in [0.1, 0.15) is 44.5 Å². The number of hydrogen-bond acceptors (Lipinski definition) is 4. The number of ether oxygens (including phenoxy) is 2. The average molecular weight is 368 g/mol. The highest BCUT2D eigenvalue weighted by Crippen LogP contribution is 2.24. The maximum Gasteiger partial charge on any atom is 0.138 e. The van der Waals surface area contributed by atoms with E-state index in [2.05, 4.69) is 22.5 Å². The van der Waals surface area contributed by atoms with Gasteiger partial charge in [-0.25, -0.2) is 4.98 Å². The first-order valence-corrected chi connectivity index (χ1v) is 9.63. The standard InChI is InChI=1S/C22H28N2O3/c1-3-9-21(25)22-23-19-12-4-5-13-20(19)24(22)14-6-7-15-27-18-11-8-10-17(16-18)26-2/h4-5,8,10-13,16,21,25H,3,6-7,9,14-15H2,1-2H3/t21-/m0/s1. The van der Waals surface area contributed by atoms with E-state index < -0.39 is 6.10 Å². The molecule has 0 radical (unpaired) electrons. The number of fused-ring (bicyclic) bond motifs is 1. The first kappa shape index (κ1) is 19.2. The monoisotopic (exact) mass is 368 g/mol. The van der Waals surface area contributed by atoms with E-state index in [4.69, 9.17) is 9.47 Å². The van der Waals surface area contributed by atoms with Gasteiger partial charge in [-0.1, -0.05) is 31.5 Å². The molecule has 27 heavy (non-hydrogen) atoms. The second-order valence-corrected chi connectivity index (χ2v) is 6.65. The summed E-state index contributed by atoms with van der Waals surface area (Å²) in [6.07, 6.45) is 3.01. The van der Waals surface area contributed by atoms with E-state index in [1.165, 1.54) is 0 Å². The number of aryl methyl sites for hydroxylation is 1. The lowest BCUT2D eigenvalue weighted by molar-refractivity contribution is 0.152. The second kappa shape index (κ2) is 9.42. The molecule has 3 rings (SSSR count). The number of hydrogen-bond donors (Lipinski definition) is 1. The van der Waals surface area contributed by atoms with Crippen molar-refractivity contribution in [2.45, 2.75) is 45.3 Å². The minimum atomic E-state index is -0.518. The number of para-hydroxylation sites is 2. The summed E-state index contributed by atoms with van der Waals surface area (Å²) in [5.74, 6) is 2.39. The largest absolute Gasteiger partial charge is 0.497 e. The van der Waals surface area contributed by atoms with Gasteiger partial charge in [-0.15, -0.1) is 0 Å². The van der Waals surface area contributed by atoms with Crippen LogP contribution in [0.4, 0.5) is 0 Å². The van der Waals surface area contributed by atoms with Crippen LogP contribution in [0.25, 0.3) is 11.0 Å². The lowest BCUT2D eigenvalue weighted by Gasteiger charge is -2.13. The van der Waals surface area contributed by atoms with Crippen molar-refractivity contribution < 1.29 is 14.6 Å². The molecule has 0 aliphatic heterocycles. The van der Waals surface area contributed by atoms with Crippen LogP contribution in [-0.2, 0) is 6.54 Å². The predicted molar refractivity (Wildman–Crippen MR) is 107 cm³/mol. The lowest BCUT2D eigenvalue weighted by atomic mass is 10.2. The fraction of sp³-hybridized carbons (Fsp3) is 0.409. The van der Waals surface area contributed by atoms with Crippen LogP contribution in [0.5, 0.6) is 11.5 Å². The van der Waals surface area contributed by atoms with Crippen molar-refractivity contribution in [1.29, 1.82) is 0 Å². The van der Waals surface area contributed by atoms with E-state index in [0.717, 1.165) is 60.6 Å². The Labute approximate surface area is 160 Å². The second-order valence-electron chi connectivity index (χ2n) is 6.65. The maximum absolute atomic E-state index is 10.5. The molecule has 0 spiro atoms. The normalized spacial score (nSPS) is 12.3. The van der Waals surface area contributed by atoms with E-state index in [0.29, 0.717) is 6.61 Å². The third kappa shape index (κ3) is 4.80. The molecule has 144 valence electrons. The van der Waals surface area contributed by atoms with Crippen molar-refractivity contribution in [1.82, 2.24) is 9.55 Å². The van der Waals surface area contributed by atoms with Gasteiger partial charge in [0.1, 0.15) is 23.4 Å². The summed E-state index contributed by atoms with van der Waals surface area (Å²) in [5, 5.41) is 10.5. The highest BCUT2D eigenvalue weighted by Gasteiger charge is 2.17. The molecule has 0 aliphatic rings. The zero-order chi connectivity index (χ0) is 19.1. The Balaban J connectivity index is 1.60. The zero-order valence-electron chi connectivity index (χ0n) is 16.1. The van der Waals surface area contributed by atoms with Crippen molar-refractivity contribution in [2.24, 2.45) is 0 Å². The Bertz CT molecular complexity index is 860. The number of aliphatic hydroxyl groups is 1. The molecule has 1 atom stereocenters. The molecule has 0 saturated carbocycles. The molecule has 1 N–H and O–H groups in total. The van der Waals surface area contributed by atoms with Gasteiger partial charge in [0.05, 0.1) is 24.8 Å². The van der Waals surface area contributed by atoms with E-state index in [1.807, 2.05) is 42.5 Å². The van der Waals surface area contributed by atoms with Crippen LogP contribution in [0.15, 0.2) is 48.5 Å². The Morgan fingerprint density at radius 1 is 1.07 bits per heavy atom. The summed E-state index contributed by atoms with van der Waals surface area (Å²) in [5.41, 5.74) is 2.02. The first-order chi connectivity index (χ1) is 13.2. The number of methoxy groups -OCH3 is 1. The van der Waals surface area contributed by atoms with E-state index in [1.54, 1.807) is 7.11 Å². The fourth-order valence-electron chi connectivity index (χ4n) is 3.24. The minimum Gasteiger partial charge on any atom is -0.497 e. The highest BCUT2D eigenvalue weighted by atomic mass is 16.5. The Kier molecular flexibility index (Phi) is 6.71. The van der Waals surface area contributed by atoms with Crippen LogP contribution in [0.2, 0.25) is 0 Å². The Morgan fingerprint density at radius 3 is 2.70 bits per heavy atom. The number of imidazole rings is 1. The van der Waals surface area contributed by atoms with Gasteiger partial charge in [-0.05, 0) is 43.5 Å². The zero-order valence-corrected chi connectivity index (χ0v) is 16.1. The number of rotatable bonds is 10. The number of aromatic nitrogens is 2. The minimum absolute atomic E-state index is 0.518. The van der Waals surface area contributed by atoms with Crippen molar-refractivity contribution >= 4 is 11.0 Å². The molecule has 0 amide bonds. The highest BCUT2D eigenvalue weighted by molar-refractivity contribution is 5.76. The summed E-state index contributed by atoms with van der Waals surface area (Å²) in [6, 6.07) is 15.7. The molecule has 0 fully saturated rings. The molecule has 3 aromatic rings. The van der Waals surface area contributed by atoms with Crippen molar-refractivity contribution in [3.8, 4) is 11.5 Å². The van der Waals surface area contributed by atoms with Gasteiger partial charge in [0.25, 0.3) is 0 Å².